The topological polar surface area (TPSA) is 61.4 Å². The SMILES string of the molecule is O=C(NCCc1cccs1)N1CCN(c2ncccn2)CC1. The summed E-state index contributed by atoms with van der Waals surface area (Å²) in [5, 5.41) is 5.05. The minimum atomic E-state index is 0.0187. The van der Waals surface area contributed by atoms with Crippen LogP contribution in [-0.2, 0) is 6.42 Å². The Bertz CT molecular complexity index is 581. The number of rotatable bonds is 4. The highest BCUT2D eigenvalue weighted by molar-refractivity contribution is 7.09. The number of anilines is 1. The Kier molecular flexibility index (Phi) is 4.85. The van der Waals surface area contributed by atoms with Crippen molar-refractivity contribution in [1.82, 2.24) is 20.2 Å². The molecule has 6 nitrogen and oxygen atoms in total. The minimum Gasteiger partial charge on any atom is -0.338 e. The van der Waals surface area contributed by atoms with Gasteiger partial charge in [0.25, 0.3) is 0 Å². The molecule has 1 N–H and O–H groups in total. The van der Waals surface area contributed by atoms with Gasteiger partial charge in [-0.2, -0.15) is 0 Å². The summed E-state index contributed by atoms with van der Waals surface area (Å²) in [5.74, 6) is 0.736. The van der Waals surface area contributed by atoms with Gasteiger partial charge >= 0.3 is 6.03 Å². The fourth-order valence-electron chi connectivity index (χ4n) is 2.42. The van der Waals surface area contributed by atoms with Crippen molar-refractivity contribution in [3.05, 3.63) is 40.8 Å². The second kappa shape index (κ2) is 7.22. The molecule has 0 atom stereocenters. The molecule has 2 aromatic rings. The van der Waals surface area contributed by atoms with E-state index in [1.807, 2.05) is 11.0 Å². The monoisotopic (exact) mass is 317 g/mol. The molecule has 3 rings (SSSR count). The molecular weight excluding hydrogens is 298 g/mol. The van der Waals surface area contributed by atoms with Crippen LogP contribution in [0.4, 0.5) is 10.7 Å². The molecule has 1 aliphatic rings. The van der Waals surface area contributed by atoms with Crippen molar-refractivity contribution >= 4 is 23.3 Å². The largest absolute Gasteiger partial charge is 0.338 e. The number of hydrogen-bond acceptors (Lipinski definition) is 5. The zero-order valence-corrected chi connectivity index (χ0v) is 13.1. The van der Waals surface area contributed by atoms with Crippen LogP contribution in [0, 0.1) is 0 Å². The van der Waals surface area contributed by atoms with Gasteiger partial charge in [0.2, 0.25) is 5.95 Å². The molecule has 1 saturated heterocycles. The van der Waals surface area contributed by atoms with Crippen molar-refractivity contribution in [2.24, 2.45) is 0 Å². The van der Waals surface area contributed by atoms with Crippen LogP contribution in [0.5, 0.6) is 0 Å². The van der Waals surface area contributed by atoms with Gasteiger partial charge in [0.15, 0.2) is 0 Å². The maximum absolute atomic E-state index is 12.1. The highest BCUT2D eigenvalue weighted by Crippen LogP contribution is 2.10. The molecular formula is C15H19N5OS. The normalized spacial score (nSPS) is 14.9. The average molecular weight is 317 g/mol. The molecule has 22 heavy (non-hydrogen) atoms. The molecule has 0 aromatic carbocycles. The van der Waals surface area contributed by atoms with Crippen LogP contribution in [0.25, 0.3) is 0 Å². The Balaban J connectivity index is 1.42. The van der Waals surface area contributed by atoms with Crippen molar-refractivity contribution in [2.45, 2.75) is 6.42 Å². The summed E-state index contributed by atoms with van der Waals surface area (Å²) in [5.41, 5.74) is 0. The molecule has 0 aliphatic carbocycles. The number of urea groups is 1. The number of carbonyl (C=O) groups is 1. The first-order valence-electron chi connectivity index (χ1n) is 7.40. The summed E-state index contributed by atoms with van der Waals surface area (Å²) in [6, 6.07) is 5.95. The van der Waals surface area contributed by atoms with E-state index < -0.39 is 0 Å². The van der Waals surface area contributed by atoms with Gasteiger partial charge in [-0.1, -0.05) is 6.07 Å². The van der Waals surface area contributed by atoms with E-state index in [9.17, 15) is 4.79 Å². The van der Waals surface area contributed by atoms with Gasteiger partial charge in [-0.05, 0) is 23.9 Å². The molecule has 1 fully saturated rings. The van der Waals surface area contributed by atoms with Crippen molar-refractivity contribution in [3.8, 4) is 0 Å². The molecule has 0 spiro atoms. The first-order chi connectivity index (χ1) is 10.8. The summed E-state index contributed by atoms with van der Waals surface area (Å²) >= 11 is 1.72. The number of aromatic nitrogens is 2. The van der Waals surface area contributed by atoms with E-state index in [0.29, 0.717) is 19.6 Å². The van der Waals surface area contributed by atoms with Crippen LogP contribution in [0.3, 0.4) is 0 Å². The molecule has 1 aliphatic heterocycles. The minimum absolute atomic E-state index is 0.0187. The Hall–Kier alpha value is -2.15. The van der Waals surface area contributed by atoms with Crippen molar-refractivity contribution in [3.63, 3.8) is 0 Å². The van der Waals surface area contributed by atoms with Gasteiger partial charge in [-0.3, -0.25) is 0 Å². The lowest BCUT2D eigenvalue weighted by atomic mass is 10.3. The molecule has 2 amide bonds. The van der Waals surface area contributed by atoms with E-state index in [1.54, 1.807) is 29.8 Å². The van der Waals surface area contributed by atoms with Crippen molar-refractivity contribution in [2.75, 3.05) is 37.6 Å². The van der Waals surface area contributed by atoms with E-state index in [4.69, 9.17) is 0 Å². The van der Waals surface area contributed by atoms with Crippen LogP contribution in [0.1, 0.15) is 4.88 Å². The first-order valence-corrected chi connectivity index (χ1v) is 8.28. The fraction of sp³-hybridized carbons (Fsp3) is 0.400. The third-order valence-electron chi connectivity index (χ3n) is 3.63. The van der Waals surface area contributed by atoms with Crippen LogP contribution in [0.2, 0.25) is 0 Å². The zero-order chi connectivity index (χ0) is 15.2. The lowest BCUT2D eigenvalue weighted by molar-refractivity contribution is 0.194. The van der Waals surface area contributed by atoms with Crippen molar-refractivity contribution < 1.29 is 4.79 Å². The molecule has 7 heteroatoms. The summed E-state index contributed by atoms with van der Waals surface area (Å²) < 4.78 is 0. The van der Waals surface area contributed by atoms with Crippen molar-refractivity contribution in [1.29, 1.82) is 0 Å². The Morgan fingerprint density at radius 1 is 1.18 bits per heavy atom. The zero-order valence-electron chi connectivity index (χ0n) is 12.3. The van der Waals surface area contributed by atoms with Crippen LogP contribution in [-0.4, -0.2) is 53.6 Å². The van der Waals surface area contributed by atoms with Gasteiger partial charge in [-0.25, -0.2) is 14.8 Å². The van der Waals surface area contributed by atoms with Crippen LogP contribution >= 0.6 is 11.3 Å². The molecule has 116 valence electrons. The third kappa shape index (κ3) is 3.73. The maximum atomic E-state index is 12.1. The molecule has 0 bridgehead atoms. The van der Waals surface area contributed by atoms with E-state index in [1.165, 1.54) is 4.88 Å². The van der Waals surface area contributed by atoms with Gasteiger partial charge in [0.1, 0.15) is 0 Å². The van der Waals surface area contributed by atoms with Gasteiger partial charge in [0, 0.05) is 50.0 Å². The smallest absolute Gasteiger partial charge is 0.317 e. The average Bonchev–Trinajstić information content (AvgIpc) is 3.09. The molecule has 2 aromatic heterocycles. The van der Waals surface area contributed by atoms with Gasteiger partial charge < -0.3 is 15.1 Å². The quantitative estimate of drug-likeness (QED) is 0.931. The molecule has 0 saturated carbocycles. The van der Waals surface area contributed by atoms with E-state index in [-0.39, 0.29) is 6.03 Å². The highest BCUT2D eigenvalue weighted by Gasteiger charge is 2.21. The maximum Gasteiger partial charge on any atom is 0.317 e. The predicted octanol–water partition coefficient (Wildman–Crippen LogP) is 1.61. The first kappa shape index (κ1) is 14.8. The Labute approximate surface area is 133 Å². The Morgan fingerprint density at radius 2 is 1.95 bits per heavy atom. The van der Waals surface area contributed by atoms with Crippen LogP contribution in [0.15, 0.2) is 36.0 Å². The standard InChI is InChI=1S/C15H19N5OS/c21-15(18-7-4-13-3-1-12-22-13)20-10-8-19(9-11-20)14-16-5-2-6-17-14/h1-3,5-6,12H,4,7-11H2,(H,18,21). The predicted molar refractivity (Wildman–Crippen MR) is 87.2 cm³/mol. The molecule has 0 unspecified atom stereocenters. The number of hydrogen-bond donors (Lipinski definition) is 1. The summed E-state index contributed by atoms with van der Waals surface area (Å²) in [6.45, 7) is 3.61. The second-order valence-corrected chi connectivity index (χ2v) is 6.12. The highest BCUT2D eigenvalue weighted by atomic mass is 32.1. The summed E-state index contributed by atoms with van der Waals surface area (Å²) in [6.07, 6.45) is 4.37. The number of piperazine rings is 1. The van der Waals surface area contributed by atoms with E-state index in [0.717, 1.165) is 25.5 Å². The third-order valence-corrected chi connectivity index (χ3v) is 4.57. The number of carbonyl (C=O) groups excluding carboxylic acids is 1. The van der Waals surface area contributed by atoms with E-state index in [2.05, 4.69) is 31.6 Å². The Morgan fingerprint density at radius 3 is 2.64 bits per heavy atom. The summed E-state index contributed by atoms with van der Waals surface area (Å²) in [4.78, 5) is 25.9. The van der Waals surface area contributed by atoms with Crippen LogP contribution < -0.4 is 10.2 Å². The van der Waals surface area contributed by atoms with Gasteiger partial charge in [0.05, 0.1) is 0 Å². The fourth-order valence-corrected chi connectivity index (χ4v) is 3.13. The van der Waals surface area contributed by atoms with E-state index >= 15 is 0 Å². The number of amides is 2. The summed E-state index contributed by atoms with van der Waals surface area (Å²) in [7, 11) is 0. The molecule has 3 heterocycles. The van der Waals surface area contributed by atoms with Gasteiger partial charge in [-0.15, -0.1) is 11.3 Å². The lowest BCUT2D eigenvalue weighted by Crippen LogP contribution is -2.52. The number of nitrogens with one attached hydrogen (secondary N) is 1. The molecule has 0 radical (unpaired) electrons. The second-order valence-electron chi connectivity index (χ2n) is 5.08. The number of nitrogens with zero attached hydrogens (tertiary/aromatic N) is 4. The lowest BCUT2D eigenvalue weighted by Gasteiger charge is -2.34. The number of thiophene rings is 1.